The van der Waals surface area contributed by atoms with Crippen LogP contribution in [0.2, 0.25) is 5.02 Å². The maximum Gasteiger partial charge on any atom is 0.268 e. The van der Waals surface area contributed by atoms with E-state index in [0.29, 0.717) is 10.7 Å². The van der Waals surface area contributed by atoms with E-state index in [1.807, 2.05) is 12.1 Å². The number of fused-ring (bicyclic) bond motifs is 1. The zero-order chi connectivity index (χ0) is 15.0. The van der Waals surface area contributed by atoms with Gasteiger partial charge in [-0.15, -0.1) is 0 Å². The van der Waals surface area contributed by atoms with Crippen molar-refractivity contribution in [2.45, 2.75) is 31.0 Å². The first-order valence-corrected chi connectivity index (χ1v) is 7.32. The average Bonchev–Trinajstić information content (AvgIpc) is 3.02. The predicted octanol–water partition coefficient (Wildman–Crippen LogP) is 2.06. The third kappa shape index (κ3) is 2.90. The van der Waals surface area contributed by atoms with Crippen LogP contribution in [0.1, 0.15) is 23.3 Å². The number of benzene rings is 1. The summed E-state index contributed by atoms with van der Waals surface area (Å²) in [5, 5.41) is 4.54. The topological polar surface area (TPSA) is 80.1 Å². The van der Waals surface area contributed by atoms with Gasteiger partial charge in [-0.3, -0.25) is 4.79 Å². The highest BCUT2D eigenvalue weighted by molar-refractivity contribution is 6.31. The van der Waals surface area contributed by atoms with Gasteiger partial charge < -0.3 is 20.8 Å². The molecular formula is C15H18ClN3O2. The Kier molecular flexibility index (Phi) is 3.89. The number of aromatic amines is 1. The first-order valence-electron chi connectivity index (χ1n) is 6.94. The summed E-state index contributed by atoms with van der Waals surface area (Å²) in [6.45, 7) is 0. The van der Waals surface area contributed by atoms with Crippen LogP contribution in [-0.4, -0.2) is 36.2 Å². The van der Waals surface area contributed by atoms with E-state index in [4.69, 9.17) is 22.1 Å². The zero-order valence-electron chi connectivity index (χ0n) is 11.7. The molecule has 1 heterocycles. The average molecular weight is 308 g/mol. The van der Waals surface area contributed by atoms with Crippen molar-refractivity contribution in [3.05, 3.63) is 35.0 Å². The number of ether oxygens (including phenoxy) is 1. The van der Waals surface area contributed by atoms with E-state index < -0.39 is 0 Å². The van der Waals surface area contributed by atoms with E-state index in [1.54, 1.807) is 19.2 Å². The summed E-state index contributed by atoms with van der Waals surface area (Å²) >= 11 is 5.95. The molecule has 3 atom stereocenters. The van der Waals surface area contributed by atoms with Crippen LogP contribution in [0.15, 0.2) is 24.3 Å². The maximum absolute atomic E-state index is 12.3. The van der Waals surface area contributed by atoms with Crippen molar-refractivity contribution in [2.24, 2.45) is 5.73 Å². The molecule has 1 saturated carbocycles. The van der Waals surface area contributed by atoms with E-state index in [-0.39, 0.29) is 24.1 Å². The molecule has 21 heavy (non-hydrogen) atoms. The van der Waals surface area contributed by atoms with Gasteiger partial charge in [0.1, 0.15) is 5.69 Å². The molecule has 0 saturated heterocycles. The van der Waals surface area contributed by atoms with Gasteiger partial charge in [0.15, 0.2) is 0 Å². The zero-order valence-corrected chi connectivity index (χ0v) is 12.5. The number of nitrogens with one attached hydrogen (secondary N) is 2. The van der Waals surface area contributed by atoms with Crippen LogP contribution in [0.5, 0.6) is 0 Å². The number of H-pyrrole nitrogens is 1. The summed E-state index contributed by atoms with van der Waals surface area (Å²) in [6.07, 6.45) is 1.63. The minimum Gasteiger partial charge on any atom is -0.381 e. The van der Waals surface area contributed by atoms with Crippen molar-refractivity contribution >= 4 is 28.4 Å². The highest BCUT2D eigenvalue weighted by Crippen LogP contribution is 2.23. The van der Waals surface area contributed by atoms with Crippen LogP contribution in [0.3, 0.4) is 0 Å². The van der Waals surface area contributed by atoms with E-state index in [2.05, 4.69) is 10.3 Å². The number of carbonyl (C=O) groups is 1. The molecule has 1 aromatic carbocycles. The van der Waals surface area contributed by atoms with Crippen molar-refractivity contribution in [2.75, 3.05) is 7.11 Å². The van der Waals surface area contributed by atoms with Gasteiger partial charge in [-0.25, -0.2) is 0 Å². The smallest absolute Gasteiger partial charge is 0.268 e. The summed E-state index contributed by atoms with van der Waals surface area (Å²) in [6, 6.07) is 7.14. The normalized spacial score (nSPS) is 25.4. The van der Waals surface area contributed by atoms with Crippen molar-refractivity contribution in [1.29, 1.82) is 0 Å². The number of carbonyl (C=O) groups excluding carboxylic acids is 1. The molecule has 0 spiro atoms. The summed E-state index contributed by atoms with van der Waals surface area (Å²) in [5.41, 5.74) is 7.44. The van der Waals surface area contributed by atoms with Crippen LogP contribution in [0.25, 0.3) is 10.9 Å². The lowest BCUT2D eigenvalue weighted by Gasteiger charge is -2.16. The van der Waals surface area contributed by atoms with E-state index in [0.717, 1.165) is 23.7 Å². The van der Waals surface area contributed by atoms with Gasteiger partial charge in [-0.05, 0) is 37.1 Å². The second kappa shape index (κ2) is 5.67. The first kappa shape index (κ1) is 14.4. The number of nitrogens with two attached hydrogens (primary N) is 1. The lowest BCUT2D eigenvalue weighted by molar-refractivity contribution is 0.0910. The predicted molar refractivity (Wildman–Crippen MR) is 82.6 cm³/mol. The summed E-state index contributed by atoms with van der Waals surface area (Å²) < 4.78 is 5.31. The SMILES string of the molecule is COC1CC(NC(=O)c2cc3cc(Cl)ccc3[nH]2)[C@H](N)C1. The van der Waals surface area contributed by atoms with Gasteiger partial charge in [0.2, 0.25) is 0 Å². The molecule has 112 valence electrons. The highest BCUT2D eigenvalue weighted by atomic mass is 35.5. The fraction of sp³-hybridized carbons (Fsp3) is 0.400. The molecule has 1 aliphatic carbocycles. The van der Waals surface area contributed by atoms with E-state index in [1.165, 1.54) is 0 Å². The largest absolute Gasteiger partial charge is 0.381 e. The molecule has 2 unspecified atom stereocenters. The summed E-state index contributed by atoms with van der Waals surface area (Å²) in [4.78, 5) is 15.4. The molecular weight excluding hydrogens is 290 g/mol. The quantitative estimate of drug-likeness (QED) is 0.812. The minimum absolute atomic E-state index is 0.0579. The fourth-order valence-electron chi connectivity index (χ4n) is 2.85. The molecule has 2 aromatic rings. The van der Waals surface area contributed by atoms with Crippen LogP contribution in [0.4, 0.5) is 0 Å². The van der Waals surface area contributed by atoms with Gasteiger partial charge in [-0.2, -0.15) is 0 Å². The second-order valence-electron chi connectivity index (χ2n) is 5.49. The molecule has 1 fully saturated rings. The summed E-state index contributed by atoms with van der Waals surface area (Å²) in [5.74, 6) is -0.153. The van der Waals surface area contributed by atoms with Crippen molar-refractivity contribution in [1.82, 2.24) is 10.3 Å². The minimum atomic E-state index is -0.153. The second-order valence-corrected chi connectivity index (χ2v) is 5.92. The van der Waals surface area contributed by atoms with Crippen LogP contribution >= 0.6 is 11.6 Å². The Morgan fingerprint density at radius 3 is 2.95 bits per heavy atom. The van der Waals surface area contributed by atoms with Crippen molar-refractivity contribution < 1.29 is 9.53 Å². The van der Waals surface area contributed by atoms with Gasteiger partial charge >= 0.3 is 0 Å². The first-order chi connectivity index (χ1) is 10.1. The molecule has 6 heteroatoms. The number of methoxy groups -OCH3 is 1. The molecule has 0 aliphatic heterocycles. The number of halogens is 1. The Balaban J connectivity index is 1.75. The summed E-state index contributed by atoms with van der Waals surface area (Å²) in [7, 11) is 1.67. The molecule has 1 aliphatic rings. The highest BCUT2D eigenvalue weighted by Gasteiger charge is 2.33. The molecule has 0 bridgehead atoms. The third-order valence-electron chi connectivity index (χ3n) is 4.05. The van der Waals surface area contributed by atoms with Gasteiger partial charge in [-0.1, -0.05) is 11.6 Å². The number of rotatable bonds is 3. The van der Waals surface area contributed by atoms with Crippen molar-refractivity contribution in [3.63, 3.8) is 0 Å². The molecule has 5 nitrogen and oxygen atoms in total. The molecule has 1 aromatic heterocycles. The van der Waals surface area contributed by atoms with E-state index in [9.17, 15) is 4.79 Å². The third-order valence-corrected chi connectivity index (χ3v) is 4.28. The van der Waals surface area contributed by atoms with Gasteiger partial charge in [0.05, 0.1) is 6.10 Å². The number of hydrogen-bond acceptors (Lipinski definition) is 3. The Hall–Kier alpha value is -1.56. The number of aromatic nitrogens is 1. The standard InChI is InChI=1S/C15H18ClN3O2/c1-21-10-6-11(17)13(7-10)19-15(20)14-5-8-4-9(16)2-3-12(8)18-14/h2-5,10-11,13,18H,6-7,17H2,1H3,(H,19,20)/t10?,11-,13?/m1/s1. The van der Waals surface area contributed by atoms with Gasteiger partial charge in [0, 0.05) is 35.1 Å². The molecule has 3 rings (SSSR count). The Morgan fingerprint density at radius 2 is 2.24 bits per heavy atom. The molecule has 0 radical (unpaired) electrons. The Bertz CT molecular complexity index is 670. The number of hydrogen-bond donors (Lipinski definition) is 3. The fourth-order valence-corrected chi connectivity index (χ4v) is 3.03. The number of amides is 1. The van der Waals surface area contributed by atoms with Crippen LogP contribution < -0.4 is 11.1 Å². The Morgan fingerprint density at radius 1 is 1.43 bits per heavy atom. The van der Waals surface area contributed by atoms with Crippen LogP contribution in [-0.2, 0) is 4.74 Å². The van der Waals surface area contributed by atoms with Crippen molar-refractivity contribution in [3.8, 4) is 0 Å². The lowest BCUT2D eigenvalue weighted by Crippen LogP contribution is -2.44. The Labute approximate surface area is 127 Å². The monoisotopic (exact) mass is 307 g/mol. The lowest BCUT2D eigenvalue weighted by atomic mass is 10.2. The van der Waals surface area contributed by atoms with E-state index >= 15 is 0 Å². The van der Waals surface area contributed by atoms with Crippen LogP contribution in [0, 0.1) is 0 Å². The van der Waals surface area contributed by atoms with Gasteiger partial charge in [0.25, 0.3) is 5.91 Å². The molecule has 1 amide bonds. The molecule has 4 N–H and O–H groups in total. The maximum atomic E-state index is 12.3.